The number of hydrogen-bond acceptors (Lipinski definition) is 4. The lowest BCUT2D eigenvalue weighted by molar-refractivity contribution is 0.0525. The Labute approximate surface area is 82.0 Å². The molecule has 2 heterocycles. The van der Waals surface area contributed by atoms with Crippen molar-refractivity contribution in [3.63, 3.8) is 0 Å². The molecule has 1 aromatic rings. The standard InChI is InChI=1S/C9H13N3O2/c1-2-14-9(13)7-6-11-12-8(7)4-3-5-10-12/h6,10H,2-5H2,1H3. The maximum Gasteiger partial charge on any atom is 0.341 e. The molecular weight excluding hydrogens is 182 g/mol. The molecule has 0 amide bonds. The van der Waals surface area contributed by atoms with Gasteiger partial charge in [0.05, 0.1) is 18.5 Å². The minimum atomic E-state index is -0.280. The van der Waals surface area contributed by atoms with Gasteiger partial charge in [-0.1, -0.05) is 0 Å². The first kappa shape index (κ1) is 9.05. The molecule has 0 radical (unpaired) electrons. The van der Waals surface area contributed by atoms with Crippen LogP contribution in [0.4, 0.5) is 0 Å². The van der Waals surface area contributed by atoms with Gasteiger partial charge in [-0.2, -0.15) is 9.89 Å². The zero-order chi connectivity index (χ0) is 9.97. The molecule has 0 bridgehead atoms. The van der Waals surface area contributed by atoms with E-state index in [9.17, 15) is 4.79 Å². The van der Waals surface area contributed by atoms with Gasteiger partial charge in [0.25, 0.3) is 0 Å². The van der Waals surface area contributed by atoms with E-state index in [1.807, 2.05) is 0 Å². The van der Waals surface area contributed by atoms with Crippen LogP contribution in [0.1, 0.15) is 29.4 Å². The van der Waals surface area contributed by atoms with Gasteiger partial charge in [-0.3, -0.25) is 0 Å². The Morgan fingerprint density at radius 2 is 2.64 bits per heavy atom. The number of nitrogens with one attached hydrogen (secondary N) is 1. The van der Waals surface area contributed by atoms with Crippen molar-refractivity contribution >= 4 is 5.97 Å². The fourth-order valence-corrected chi connectivity index (χ4v) is 1.57. The van der Waals surface area contributed by atoms with Crippen LogP contribution < -0.4 is 5.43 Å². The van der Waals surface area contributed by atoms with Crippen molar-refractivity contribution < 1.29 is 9.53 Å². The average Bonchev–Trinajstić information content (AvgIpc) is 2.61. The van der Waals surface area contributed by atoms with E-state index in [1.165, 1.54) is 0 Å². The largest absolute Gasteiger partial charge is 0.462 e. The summed E-state index contributed by atoms with van der Waals surface area (Å²) in [5.74, 6) is -0.280. The van der Waals surface area contributed by atoms with Crippen molar-refractivity contribution in [2.24, 2.45) is 0 Å². The molecule has 5 heteroatoms. The molecule has 1 aliphatic rings. The molecule has 2 rings (SSSR count). The molecule has 0 aliphatic carbocycles. The second-order valence-corrected chi connectivity index (χ2v) is 3.15. The molecule has 0 unspecified atom stereocenters. The summed E-state index contributed by atoms with van der Waals surface area (Å²) in [5, 5.41) is 4.06. The Bertz CT molecular complexity index is 346. The number of esters is 1. The maximum absolute atomic E-state index is 11.5. The van der Waals surface area contributed by atoms with Crippen LogP contribution in [0, 0.1) is 0 Å². The number of carbonyl (C=O) groups excluding carboxylic acids is 1. The van der Waals surface area contributed by atoms with Gasteiger partial charge in [0, 0.05) is 6.54 Å². The Hall–Kier alpha value is -1.52. The lowest BCUT2D eigenvalue weighted by Crippen LogP contribution is -2.26. The van der Waals surface area contributed by atoms with Gasteiger partial charge in [-0.25, -0.2) is 4.79 Å². The summed E-state index contributed by atoms with van der Waals surface area (Å²) in [4.78, 5) is 13.1. The van der Waals surface area contributed by atoms with Crippen LogP contribution in [-0.4, -0.2) is 29.0 Å². The van der Waals surface area contributed by atoms with Crippen molar-refractivity contribution in [1.82, 2.24) is 9.89 Å². The Balaban J connectivity index is 2.25. The van der Waals surface area contributed by atoms with Gasteiger partial charge in [0.2, 0.25) is 0 Å². The minimum Gasteiger partial charge on any atom is -0.462 e. The first-order valence-electron chi connectivity index (χ1n) is 4.81. The molecule has 1 aliphatic heterocycles. The Morgan fingerprint density at radius 3 is 3.43 bits per heavy atom. The predicted octanol–water partition coefficient (Wildman–Crippen LogP) is 0.549. The number of ether oxygens (including phenoxy) is 1. The maximum atomic E-state index is 11.5. The van der Waals surface area contributed by atoms with Crippen LogP contribution in [0.5, 0.6) is 0 Å². The topological polar surface area (TPSA) is 56.1 Å². The third-order valence-electron chi connectivity index (χ3n) is 2.22. The van der Waals surface area contributed by atoms with Gasteiger partial charge in [-0.05, 0) is 19.8 Å². The van der Waals surface area contributed by atoms with Crippen LogP contribution in [0.15, 0.2) is 6.20 Å². The predicted molar refractivity (Wildman–Crippen MR) is 50.7 cm³/mol. The van der Waals surface area contributed by atoms with Gasteiger partial charge in [0.15, 0.2) is 0 Å². The summed E-state index contributed by atoms with van der Waals surface area (Å²) in [6.07, 6.45) is 3.46. The molecule has 76 valence electrons. The van der Waals surface area contributed by atoms with E-state index in [0.717, 1.165) is 25.1 Å². The van der Waals surface area contributed by atoms with Gasteiger partial charge in [-0.15, -0.1) is 0 Å². The van der Waals surface area contributed by atoms with Crippen molar-refractivity contribution in [2.75, 3.05) is 18.6 Å². The highest BCUT2D eigenvalue weighted by Gasteiger charge is 2.20. The summed E-state index contributed by atoms with van der Waals surface area (Å²) in [7, 11) is 0. The lowest BCUT2D eigenvalue weighted by atomic mass is 10.1. The smallest absolute Gasteiger partial charge is 0.341 e. The van der Waals surface area contributed by atoms with Crippen molar-refractivity contribution in [3.05, 3.63) is 17.5 Å². The van der Waals surface area contributed by atoms with Crippen molar-refractivity contribution in [1.29, 1.82) is 0 Å². The molecule has 0 saturated carbocycles. The van der Waals surface area contributed by atoms with Crippen LogP contribution in [0.3, 0.4) is 0 Å². The fraction of sp³-hybridized carbons (Fsp3) is 0.556. The van der Waals surface area contributed by atoms with Crippen LogP contribution in [-0.2, 0) is 11.2 Å². The van der Waals surface area contributed by atoms with Crippen LogP contribution in [0.2, 0.25) is 0 Å². The molecule has 14 heavy (non-hydrogen) atoms. The number of aromatic nitrogens is 2. The molecule has 0 spiro atoms. The quantitative estimate of drug-likeness (QED) is 0.700. The molecule has 1 aromatic heterocycles. The molecule has 0 atom stereocenters. The summed E-state index contributed by atoms with van der Waals surface area (Å²) >= 11 is 0. The first-order valence-corrected chi connectivity index (χ1v) is 4.81. The summed E-state index contributed by atoms with van der Waals surface area (Å²) in [6, 6.07) is 0. The van der Waals surface area contributed by atoms with Crippen LogP contribution in [0.25, 0.3) is 0 Å². The molecule has 0 aromatic carbocycles. The zero-order valence-electron chi connectivity index (χ0n) is 8.12. The highest BCUT2D eigenvalue weighted by Crippen LogP contribution is 2.14. The first-order chi connectivity index (χ1) is 6.83. The normalized spacial score (nSPS) is 14.4. The van der Waals surface area contributed by atoms with E-state index >= 15 is 0 Å². The summed E-state index contributed by atoms with van der Waals surface area (Å²) in [5.41, 5.74) is 4.59. The molecule has 0 fully saturated rings. The molecular formula is C9H13N3O2. The number of nitrogens with zero attached hydrogens (tertiary/aromatic N) is 2. The number of carbonyl (C=O) groups is 1. The highest BCUT2D eigenvalue weighted by molar-refractivity contribution is 5.90. The third kappa shape index (κ3) is 1.45. The van der Waals surface area contributed by atoms with E-state index < -0.39 is 0 Å². The molecule has 5 nitrogen and oxygen atoms in total. The summed E-state index contributed by atoms with van der Waals surface area (Å²) < 4.78 is 4.93. The fourth-order valence-electron chi connectivity index (χ4n) is 1.57. The van der Waals surface area contributed by atoms with E-state index in [4.69, 9.17) is 4.74 Å². The van der Waals surface area contributed by atoms with Gasteiger partial charge in [0.1, 0.15) is 5.56 Å². The third-order valence-corrected chi connectivity index (χ3v) is 2.22. The van der Waals surface area contributed by atoms with E-state index in [0.29, 0.717) is 12.2 Å². The second-order valence-electron chi connectivity index (χ2n) is 3.15. The zero-order valence-corrected chi connectivity index (χ0v) is 8.12. The van der Waals surface area contributed by atoms with E-state index in [2.05, 4.69) is 10.5 Å². The average molecular weight is 195 g/mol. The van der Waals surface area contributed by atoms with Gasteiger partial charge >= 0.3 is 5.97 Å². The highest BCUT2D eigenvalue weighted by atomic mass is 16.5. The van der Waals surface area contributed by atoms with Gasteiger partial charge < -0.3 is 10.2 Å². The number of rotatable bonds is 2. The SMILES string of the molecule is CCOC(=O)c1cnn2c1CCCN2. The van der Waals surface area contributed by atoms with Crippen molar-refractivity contribution in [3.8, 4) is 0 Å². The van der Waals surface area contributed by atoms with E-state index in [1.54, 1.807) is 17.9 Å². The van der Waals surface area contributed by atoms with Crippen LogP contribution >= 0.6 is 0 Å². The Kier molecular flexibility index (Phi) is 2.39. The lowest BCUT2D eigenvalue weighted by Gasteiger charge is -2.16. The number of hydrogen-bond donors (Lipinski definition) is 1. The summed E-state index contributed by atoms with van der Waals surface area (Å²) in [6.45, 7) is 3.10. The van der Waals surface area contributed by atoms with E-state index in [-0.39, 0.29) is 5.97 Å². The minimum absolute atomic E-state index is 0.280. The van der Waals surface area contributed by atoms with Crippen molar-refractivity contribution in [2.45, 2.75) is 19.8 Å². The second kappa shape index (κ2) is 3.69. The Morgan fingerprint density at radius 1 is 1.79 bits per heavy atom. The number of fused-ring (bicyclic) bond motifs is 1. The molecule has 1 N–H and O–H groups in total. The monoisotopic (exact) mass is 195 g/mol. The molecule has 0 saturated heterocycles.